The maximum Gasteiger partial charge on any atom is 0.255 e. The van der Waals surface area contributed by atoms with Gasteiger partial charge in [-0.1, -0.05) is 17.7 Å². The average Bonchev–Trinajstić information content (AvgIpc) is 3.33. The van der Waals surface area contributed by atoms with Gasteiger partial charge in [-0.15, -0.1) is 11.3 Å². The van der Waals surface area contributed by atoms with E-state index in [0.29, 0.717) is 51.0 Å². The molecular weight excluding hydrogens is 514 g/mol. The zero-order chi connectivity index (χ0) is 26.5. The number of amides is 2. The first-order valence-electron chi connectivity index (χ1n) is 11.4. The third-order valence-electron chi connectivity index (χ3n) is 5.66. The summed E-state index contributed by atoms with van der Waals surface area (Å²) in [7, 11) is 1.57. The van der Waals surface area contributed by atoms with Gasteiger partial charge in [-0.2, -0.15) is 0 Å². The summed E-state index contributed by atoms with van der Waals surface area (Å²) in [6.45, 7) is 2.45. The highest BCUT2D eigenvalue weighted by atomic mass is 35.5. The zero-order valence-electron chi connectivity index (χ0n) is 20.2. The Balaban J connectivity index is 1.50. The number of ether oxygens (including phenoxy) is 1. The van der Waals surface area contributed by atoms with Gasteiger partial charge in [0.1, 0.15) is 18.2 Å². The Labute approximate surface area is 222 Å². The zero-order valence-corrected chi connectivity index (χ0v) is 21.8. The second kappa shape index (κ2) is 11.5. The molecule has 0 saturated heterocycles. The fourth-order valence-electron chi connectivity index (χ4n) is 3.71. The highest BCUT2D eigenvalue weighted by Gasteiger charge is 2.17. The number of carbonyl (C=O) groups is 2. The molecule has 4 rings (SSSR count). The van der Waals surface area contributed by atoms with Crippen molar-refractivity contribution in [3.8, 4) is 5.75 Å². The van der Waals surface area contributed by atoms with Crippen molar-refractivity contribution in [2.75, 3.05) is 36.6 Å². The van der Waals surface area contributed by atoms with Gasteiger partial charge in [0, 0.05) is 48.1 Å². The number of nitrogens with one attached hydrogen (secondary N) is 3. The van der Waals surface area contributed by atoms with E-state index in [0.717, 1.165) is 15.8 Å². The quantitative estimate of drug-likeness (QED) is 0.212. The molecule has 2 aromatic heterocycles. The topological polar surface area (TPSA) is 139 Å². The number of thiophene rings is 1. The van der Waals surface area contributed by atoms with E-state index < -0.39 is 0 Å². The predicted molar refractivity (Wildman–Crippen MR) is 148 cm³/mol. The molecule has 0 atom stereocenters. The first-order valence-corrected chi connectivity index (χ1v) is 12.6. The molecule has 2 heterocycles. The molecule has 6 N–H and O–H groups in total. The van der Waals surface area contributed by atoms with Crippen molar-refractivity contribution >= 4 is 62.0 Å². The largest absolute Gasteiger partial charge is 0.489 e. The van der Waals surface area contributed by atoms with E-state index in [1.165, 1.54) is 17.5 Å². The van der Waals surface area contributed by atoms with Crippen LogP contribution in [0.4, 0.5) is 17.2 Å². The van der Waals surface area contributed by atoms with Crippen LogP contribution in [0.5, 0.6) is 5.75 Å². The lowest BCUT2D eigenvalue weighted by molar-refractivity contribution is 0.0963. The van der Waals surface area contributed by atoms with Gasteiger partial charge in [-0.3, -0.25) is 9.59 Å². The van der Waals surface area contributed by atoms with Crippen LogP contribution in [0.15, 0.2) is 48.0 Å². The number of hydrogen-bond donors (Lipinski definition) is 5. The Morgan fingerprint density at radius 3 is 2.73 bits per heavy atom. The number of fused-ring (bicyclic) bond motifs is 1. The summed E-state index contributed by atoms with van der Waals surface area (Å²) in [6.07, 6.45) is 1.47. The fraction of sp³-hybridized carbons (Fsp3) is 0.192. The molecule has 192 valence electrons. The molecule has 0 unspecified atom stereocenters. The summed E-state index contributed by atoms with van der Waals surface area (Å²) in [5.74, 6) is 0.363. The van der Waals surface area contributed by atoms with E-state index in [2.05, 4.69) is 20.9 Å². The second-order valence-electron chi connectivity index (χ2n) is 8.17. The lowest BCUT2D eigenvalue weighted by atomic mass is 10.1. The van der Waals surface area contributed by atoms with Crippen molar-refractivity contribution in [3.05, 3.63) is 75.3 Å². The number of aliphatic hydroxyl groups is 1. The van der Waals surface area contributed by atoms with E-state index in [1.807, 2.05) is 18.4 Å². The average molecular weight is 540 g/mol. The van der Waals surface area contributed by atoms with Crippen molar-refractivity contribution in [1.82, 2.24) is 10.3 Å². The van der Waals surface area contributed by atoms with Gasteiger partial charge < -0.3 is 31.5 Å². The molecule has 0 fully saturated rings. The molecule has 2 aromatic carbocycles. The number of pyridine rings is 1. The molecular formula is C26H26ClN5O4S. The molecule has 0 aliphatic rings. The van der Waals surface area contributed by atoms with Crippen LogP contribution in [0.25, 0.3) is 10.1 Å². The summed E-state index contributed by atoms with van der Waals surface area (Å²) in [5.41, 5.74) is 9.87. The number of aliphatic hydroxyl groups excluding tert-OH is 1. The van der Waals surface area contributed by atoms with E-state index >= 15 is 0 Å². The van der Waals surface area contributed by atoms with E-state index in [1.54, 1.807) is 37.4 Å². The predicted octanol–water partition coefficient (Wildman–Crippen LogP) is 4.44. The summed E-state index contributed by atoms with van der Waals surface area (Å²) in [5, 5.41) is 20.4. The number of nitrogens with zero attached hydrogens (tertiary/aromatic N) is 1. The number of nitrogen functional groups attached to an aromatic ring is 1. The lowest BCUT2D eigenvalue weighted by Gasteiger charge is -2.13. The lowest BCUT2D eigenvalue weighted by Crippen LogP contribution is -2.18. The van der Waals surface area contributed by atoms with Gasteiger partial charge in [-0.25, -0.2) is 4.98 Å². The second-order valence-corrected chi connectivity index (χ2v) is 9.46. The number of nitrogens with two attached hydrogens (primary N) is 1. The Bertz CT molecular complexity index is 1470. The highest BCUT2D eigenvalue weighted by Crippen LogP contribution is 2.34. The van der Waals surface area contributed by atoms with Gasteiger partial charge >= 0.3 is 0 Å². The first kappa shape index (κ1) is 26.2. The first-order chi connectivity index (χ1) is 17.8. The third kappa shape index (κ3) is 5.77. The number of anilines is 3. The standard InChI is InChI=1S/C26H26ClN5O4S/c1-14-3-5-17(32-25(34)15-4-6-20(19(27)9-15)30-7-8-33)10-21(14)36-12-16-13-37-23-18(26(35)29-2)11-31-24(28)22(16)23/h3-6,9-11,13,30,33H,7-8,12H2,1-2H3,(H2,28,31)(H,29,35)(H,32,34). The molecule has 9 nitrogen and oxygen atoms in total. The minimum atomic E-state index is -0.324. The van der Waals surface area contributed by atoms with Crippen molar-refractivity contribution in [3.63, 3.8) is 0 Å². The Hall–Kier alpha value is -3.86. The van der Waals surface area contributed by atoms with Crippen LogP contribution in [0, 0.1) is 6.92 Å². The number of carbonyl (C=O) groups excluding carboxylic acids is 2. The van der Waals surface area contributed by atoms with Crippen molar-refractivity contribution < 1.29 is 19.4 Å². The number of rotatable bonds is 9. The Morgan fingerprint density at radius 2 is 2.00 bits per heavy atom. The van der Waals surface area contributed by atoms with Gasteiger partial charge in [-0.05, 0) is 42.1 Å². The molecule has 4 aromatic rings. The monoisotopic (exact) mass is 539 g/mol. The van der Waals surface area contributed by atoms with Crippen LogP contribution in [0.1, 0.15) is 31.8 Å². The van der Waals surface area contributed by atoms with Crippen molar-refractivity contribution in [1.29, 1.82) is 0 Å². The van der Waals surface area contributed by atoms with Crippen molar-refractivity contribution in [2.45, 2.75) is 13.5 Å². The van der Waals surface area contributed by atoms with Gasteiger partial charge in [0.15, 0.2) is 0 Å². The minimum Gasteiger partial charge on any atom is -0.489 e. The maximum atomic E-state index is 12.8. The molecule has 2 amide bonds. The minimum absolute atomic E-state index is 0.0274. The van der Waals surface area contributed by atoms with E-state index in [9.17, 15) is 9.59 Å². The molecule has 11 heteroatoms. The summed E-state index contributed by atoms with van der Waals surface area (Å²) in [6, 6.07) is 10.3. The SMILES string of the molecule is CNC(=O)c1cnc(N)c2c(COc3cc(NC(=O)c4ccc(NCCO)c(Cl)c4)ccc3C)csc12. The van der Waals surface area contributed by atoms with Gasteiger partial charge in [0.05, 0.1) is 27.6 Å². The van der Waals surface area contributed by atoms with Crippen LogP contribution in [0.2, 0.25) is 5.02 Å². The molecule has 0 aliphatic carbocycles. The third-order valence-corrected chi connectivity index (χ3v) is 7.03. The normalized spacial score (nSPS) is 10.8. The molecule has 0 saturated carbocycles. The molecule has 0 aliphatic heterocycles. The van der Waals surface area contributed by atoms with E-state index in [-0.39, 0.29) is 25.0 Å². The Morgan fingerprint density at radius 1 is 1.19 bits per heavy atom. The van der Waals surface area contributed by atoms with Crippen molar-refractivity contribution in [2.24, 2.45) is 0 Å². The maximum absolute atomic E-state index is 12.8. The number of halogens is 1. The number of hydrogen-bond acceptors (Lipinski definition) is 8. The number of aromatic nitrogens is 1. The van der Waals surface area contributed by atoms with Gasteiger partial charge in [0.25, 0.3) is 11.8 Å². The van der Waals surface area contributed by atoms with Gasteiger partial charge in [0.2, 0.25) is 0 Å². The summed E-state index contributed by atoms with van der Waals surface area (Å²) < 4.78 is 6.84. The van der Waals surface area contributed by atoms with Crippen LogP contribution < -0.4 is 26.4 Å². The fourth-order valence-corrected chi connectivity index (χ4v) is 5.03. The molecule has 0 bridgehead atoms. The molecule has 0 spiro atoms. The number of aryl methyl sites for hydroxylation is 1. The number of benzene rings is 2. The molecule has 0 radical (unpaired) electrons. The van der Waals surface area contributed by atoms with E-state index in [4.69, 9.17) is 27.2 Å². The smallest absolute Gasteiger partial charge is 0.255 e. The summed E-state index contributed by atoms with van der Waals surface area (Å²) >= 11 is 7.67. The van der Waals surface area contributed by atoms with Crippen LogP contribution in [0.3, 0.4) is 0 Å². The van der Waals surface area contributed by atoms with Crippen LogP contribution >= 0.6 is 22.9 Å². The van der Waals surface area contributed by atoms with Crippen LogP contribution in [-0.4, -0.2) is 42.1 Å². The Kier molecular flexibility index (Phi) is 8.12. The summed E-state index contributed by atoms with van der Waals surface area (Å²) in [4.78, 5) is 29.2. The molecule has 37 heavy (non-hydrogen) atoms. The van der Waals surface area contributed by atoms with Crippen LogP contribution in [-0.2, 0) is 6.61 Å². The highest BCUT2D eigenvalue weighted by molar-refractivity contribution is 7.17.